The van der Waals surface area contributed by atoms with Crippen LogP contribution in [0.15, 0.2) is 35.0 Å². The van der Waals surface area contributed by atoms with E-state index < -0.39 is 11.6 Å². The van der Waals surface area contributed by atoms with Crippen molar-refractivity contribution in [2.24, 2.45) is 5.92 Å². The van der Waals surface area contributed by atoms with Crippen molar-refractivity contribution in [3.05, 3.63) is 57.8 Å². The number of likely N-dealkylation sites (tertiary alicyclic amines) is 2. The van der Waals surface area contributed by atoms with Gasteiger partial charge in [0.25, 0.3) is 0 Å². The van der Waals surface area contributed by atoms with Crippen molar-refractivity contribution in [2.45, 2.75) is 38.3 Å². The standard InChI is InChI=1S/C21H24F2N2OS/c22-18-5-4-15(9-19(18)23)11-24-7-2-1-3-17-12-25(13-20(17)24)21(26)10-16-6-8-27-14-16/h4-6,8-9,14,17,20H,1-3,7,10-13H2/t17-,20+/m0/s1. The molecular weight excluding hydrogens is 366 g/mol. The number of fused-ring (bicyclic) bond motifs is 1. The predicted octanol–water partition coefficient (Wildman–Crippen LogP) is 4.08. The Morgan fingerprint density at radius 1 is 1.11 bits per heavy atom. The number of nitrogens with zero attached hydrogens (tertiary/aromatic N) is 2. The third-order valence-corrected chi connectivity index (χ3v) is 6.54. The quantitative estimate of drug-likeness (QED) is 0.785. The molecule has 4 rings (SSSR count). The van der Waals surface area contributed by atoms with Gasteiger partial charge in [0.05, 0.1) is 6.42 Å². The van der Waals surface area contributed by atoms with Gasteiger partial charge in [-0.15, -0.1) is 0 Å². The highest BCUT2D eigenvalue weighted by Crippen LogP contribution is 2.31. The summed E-state index contributed by atoms with van der Waals surface area (Å²) >= 11 is 1.61. The lowest BCUT2D eigenvalue weighted by Crippen LogP contribution is -2.40. The van der Waals surface area contributed by atoms with Gasteiger partial charge in [-0.05, 0) is 65.4 Å². The van der Waals surface area contributed by atoms with Crippen LogP contribution in [0.5, 0.6) is 0 Å². The smallest absolute Gasteiger partial charge is 0.227 e. The third-order valence-electron chi connectivity index (χ3n) is 5.80. The van der Waals surface area contributed by atoms with E-state index in [9.17, 15) is 13.6 Å². The second-order valence-corrected chi connectivity index (χ2v) is 8.43. The lowest BCUT2D eigenvalue weighted by atomic mass is 9.98. The van der Waals surface area contributed by atoms with Gasteiger partial charge in [0.15, 0.2) is 11.6 Å². The van der Waals surface area contributed by atoms with E-state index in [4.69, 9.17) is 0 Å². The van der Waals surface area contributed by atoms with Crippen molar-refractivity contribution < 1.29 is 13.6 Å². The third kappa shape index (κ3) is 4.22. The minimum atomic E-state index is -0.807. The maximum absolute atomic E-state index is 13.6. The molecule has 0 aliphatic carbocycles. The number of halogens is 2. The summed E-state index contributed by atoms with van der Waals surface area (Å²) in [7, 11) is 0. The molecule has 1 amide bonds. The molecule has 6 heteroatoms. The molecular formula is C21H24F2N2OS. The SMILES string of the molecule is O=C(Cc1ccsc1)N1C[C@@H]2CCCCN(Cc3ccc(F)c(F)c3)[C@@H]2C1. The maximum Gasteiger partial charge on any atom is 0.227 e. The van der Waals surface area contributed by atoms with E-state index in [1.807, 2.05) is 21.7 Å². The summed E-state index contributed by atoms with van der Waals surface area (Å²) in [5.41, 5.74) is 1.87. The number of thiophene rings is 1. The molecule has 144 valence electrons. The fraction of sp³-hybridized carbons (Fsp3) is 0.476. The molecule has 2 aliphatic heterocycles. The van der Waals surface area contributed by atoms with Crippen LogP contribution in [0.25, 0.3) is 0 Å². The first kappa shape index (κ1) is 18.6. The zero-order valence-corrected chi connectivity index (χ0v) is 16.1. The van der Waals surface area contributed by atoms with Gasteiger partial charge in [-0.2, -0.15) is 11.3 Å². The molecule has 2 saturated heterocycles. The molecule has 1 aromatic carbocycles. The molecule has 3 nitrogen and oxygen atoms in total. The second-order valence-electron chi connectivity index (χ2n) is 7.65. The molecule has 0 N–H and O–H groups in total. The summed E-state index contributed by atoms with van der Waals surface area (Å²) in [6.45, 7) is 3.08. The van der Waals surface area contributed by atoms with E-state index in [-0.39, 0.29) is 5.91 Å². The lowest BCUT2D eigenvalue weighted by molar-refractivity contribution is -0.129. The Labute approximate surface area is 162 Å². The number of carbonyl (C=O) groups is 1. The molecule has 2 aliphatic rings. The minimum absolute atomic E-state index is 0.189. The molecule has 0 bridgehead atoms. The van der Waals surface area contributed by atoms with Crippen molar-refractivity contribution in [3.8, 4) is 0 Å². The van der Waals surface area contributed by atoms with Crippen molar-refractivity contribution in [1.29, 1.82) is 0 Å². The Hall–Kier alpha value is -1.79. The van der Waals surface area contributed by atoms with Crippen molar-refractivity contribution in [2.75, 3.05) is 19.6 Å². The fourth-order valence-corrected chi connectivity index (χ4v) is 5.06. The molecule has 2 atom stereocenters. The Balaban J connectivity index is 1.45. The van der Waals surface area contributed by atoms with E-state index in [0.29, 0.717) is 24.9 Å². The molecule has 2 fully saturated rings. The first-order valence-corrected chi connectivity index (χ1v) is 10.5. The predicted molar refractivity (Wildman–Crippen MR) is 103 cm³/mol. The van der Waals surface area contributed by atoms with Gasteiger partial charge in [0.1, 0.15) is 0 Å². The Kier molecular flexibility index (Phi) is 5.55. The van der Waals surface area contributed by atoms with E-state index >= 15 is 0 Å². The van der Waals surface area contributed by atoms with Crippen LogP contribution in [0.3, 0.4) is 0 Å². The summed E-state index contributed by atoms with van der Waals surface area (Å²) in [5, 5.41) is 4.03. The Morgan fingerprint density at radius 2 is 2.00 bits per heavy atom. The summed E-state index contributed by atoms with van der Waals surface area (Å²) in [5.74, 6) is -0.949. The van der Waals surface area contributed by atoms with Gasteiger partial charge in [-0.3, -0.25) is 9.69 Å². The number of hydrogen-bond donors (Lipinski definition) is 0. The Morgan fingerprint density at radius 3 is 2.78 bits per heavy atom. The first-order valence-electron chi connectivity index (χ1n) is 9.57. The number of rotatable bonds is 4. The van der Waals surface area contributed by atoms with E-state index in [1.54, 1.807) is 17.4 Å². The summed E-state index contributed by atoms with van der Waals surface area (Å²) in [6.07, 6.45) is 3.86. The topological polar surface area (TPSA) is 23.6 Å². The second kappa shape index (κ2) is 8.07. The highest BCUT2D eigenvalue weighted by molar-refractivity contribution is 7.08. The zero-order valence-electron chi connectivity index (χ0n) is 15.2. The highest BCUT2D eigenvalue weighted by atomic mass is 32.1. The molecule has 27 heavy (non-hydrogen) atoms. The molecule has 0 unspecified atom stereocenters. The van der Waals surface area contributed by atoms with Crippen molar-refractivity contribution >= 4 is 17.2 Å². The highest BCUT2D eigenvalue weighted by Gasteiger charge is 2.39. The molecule has 0 saturated carbocycles. The fourth-order valence-electron chi connectivity index (χ4n) is 4.39. The molecule has 1 aromatic heterocycles. The maximum atomic E-state index is 13.6. The summed E-state index contributed by atoms with van der Waals surface area (Å²) < 4.78 is 26.8. The van der Waals surface area contributed by atoms with Gasteiger partial charge in [0, 0.05) is 25.7 Å². The van der Waals surface area contributed by atoms with Crippen LogP contribution in [0.1, 0.15) is 30.4 Å². The van der Waals surface area contributed by atoms with Crippen LogP contribution in [-0.4, -0.2) is 41.4 Å². The van der Waals surface area contributed by atoms with Gasteiger partial charge in [-0.1, -0.05) is 12.5 Å². The van der Waals surface area contributed by atoms with E-state index in [2.05, 4.69) is 4.90 Å². The molecule has 2 aromatic rings. The van der Waals surface area contributed by atoms with E-state index in [0.717, 1.165) is 50.0 Å². The number of hydrogen-bond acceptors (Lipinski definition) is 3. The summed E-state index contributed by atoms with van der Waals surface area (Å²) in [4.78, 5) is 17.1. The van der Waals surface area contributed by atoms with Gasteiger partial charge in [-0.25, -0.2) is 8.78 Å². The van der Waals surface area contributed by atoms with Crippen LogP contribution < -0.4 is 0 Å². The van der Waals surface area contributed by atoms with Gasteiger partial charge < -0.3 is 4.90 Å². The van der Waals surface area contributed by atoms with Crippen LogP contribution in [-0.2, 0) is 17.8 Å². The average molecular weight is 390 g/mol. The zero-order chi connectivity index (χ0) is 18.8. The lowest BCUT2D eigenvalue weighted by Gasteiger charge is -2.30. The molecule has 3 heterocycles. The largest absolute Gasteiger partial charge is 0.340 e. The van der Waals surface area contributed by atoms with Crippen LogP contribution in [0, 0.1) is 17.6 Å². The average Bonchev–Trinajstić information content (AvgIpc) is 3.27. The first-order chi connectivity index (χ1) is 13.1. The van der Waals surface area contributed by atoms with Crippen LogP contribution >= 0.6 is 11.3 Å². The number of benzene rings is 1. The number of amides is 1. The number of carbonyl (C=O) groups excluding carboxylic acids is 1. The molecule has 0 spiro atoms. The van der Waals surface area contributed by atoms with Crippen molar-refractivity contribution in [1.82, 2.24) is 9.80 Å². The summed E-state index contributed by atoms with van der Waals surface area (Å²) in [6, 6.07) is 6.46. The molecule has 0 radical (unpaired) electrons. The monoisotopic (exact) mass is 390 g/mol. The van der Waals surface area contributed by atoms with Crippen LogP contribution in [0.2, 0.25) is 0 Å². The normalized spacial score (nSPS) is 23.3. The van der Waals surface area contributed by atoms with Gasteiger partial charge >= 0.3 is 0 Å². The van der Waals surface area contributed by atoms with E-state index in [1.165, 1.54) is 12.1 Å². The van der Waals surface area contributed by atoms with Gasteiger partial charge in [0.2, 0.25) is 5.91 Å². The van der Waals surface area contributed by atoms with Crippen LogP contribution in [0.4, 0.5) is 8.78 Å². The Bertz CT molecular complexity index is 795. The minimum Gasteiger partial charge on any atom is -0.340 e. The van der Waals surface area contributed by atoms with Crippen molar-refractivity contribution in [3.63, 3.8) is 0 Å².